The zero-order chi connectivity index (χ0) is 18.8. The van der Waals surface area contributed by atoms with Crippen LogP contribution in [-0.2, 0) is 6.42 Å². The van der Waals surface area contributed by atoms with Crippen LogP contribution in [0.3, 0.4) is 0 Å². The van der Waals surface area contributed by atoms with E-state index >= 15 is 0 Å². The Balaban J connectivity index is 1.72. The third kappa shape index (κ3) is 3.12. The van der Waals surface area contributed by atoms with E-state index in [0.29, 0.717) is 5.56 Å². The van der Waals surface area contributed by atoms with Crippen molar-refractivity contribution in [1.29, 1.82) is 0 Å². The summed E-state index contributed by atoms with van der Waals surface area (Å²) < 4.78 is 5.23. The number of hydrogen-bond donors (Lipinski definition) is 1. The molecule has 5 nitrogen and oxygen atoms in total. The number of benzene rings is 2. The predicted molar refractivity (Wildman–Crippen MR) is 106 cm³/mol. The summed E-state index contributed by atoms with van der Waals surface area (Å²) in [5, 5.41) is 3.47. The van der Waals surface area contributed by atoms with E-state index in [-0.39, 0.29) is 12.1 Å². The molecule has 1 aliphatic rings. The lowest BCUT2D eigenvalue weighted by Crippen LogP contribution is -2.32. The van der Waals surface area contributed by atoms with Crippen molar-refractivity contribution in [3.63, 3.8) is 0 Å². The number of anilines is 2. The number of hydrogen-bond acceptors (Lipinski definition) is 4. The minimum Gasteiger partial charge on any atom is -0.497 e. The molecule has 1 atom stereocenters. The highest BCUT2D eigenvalue weighted by Crippen LogP contribution is 2.37. The third-order valence-electron chi connectivity index (χ3n) is 4.82. The Morgan fingerprint density at radius 2 is 1.81 bits per heavy atom. The number of fused-ring (bicyclic) bond motifs is 1. The maximum absolute atomic E-state index is 13.1. The van der Waals surface area contributed by atoms with E-state index in [1.165, 1.54) is 5.56 Å². The van der Waals surface area contributed by atoms with Crippen LogP contribution in [0.5, 0.6) is 5.75 Å². The van der Waals surface area contributed by atoms with Crippen LogP contribution in [0.1, 0.15) is 34.7 Å². The van der Waals surface area contributed by atoms with Crippen molar-refractivity contribution in [2.75, 3.05) is 17.3 Å². The quantitative estimate of drug-likeness (QED) is 0.732. The minimum absolute atomic E-state index is 0.0639. The molecule has 0 spiro atoms. The van der Waals surface area contributed by atoms with Gasteiger partial charge in [0.2, 0.25) is 0 Å². The van der Waals surface area contributed by atoms with E-state index in [1.807, 2.05) is 42.5 Å². The third-order valence-corrected chi connectivity index (χ3v) is 4.82. The number of nitrogens with zero attached hydrogens (tertiary/aromatic N) is 2. The molecule has 1 N–H and O–H groups in total. The highest BCUT2D eigenvalue weighted by atomic mass is 16.5. The smallest absolute Gasteiger partial charge is 0.262 e. The molecule has 1 aliphatic heterocycles. The Morgan fingerprint density at radius 3 is 2.48 bits per heavy atom. The maximum Gasteiger partial charge on any atom is 0.262 e. The summed E-state index contributed by atoms with van der Waals surface area (Å²) in [5.74, 6) is 0.687. The molecule has 0 saturated heterocycles. The summed E-state index contributed by atoms with van der Waals surface area (Å²) >= 11 is 0. The second kappa shape index (κ2) is 7.11. The topological polar surface area (TPSA) is 54.5 Å². The Morgan fingerprint density at radius 1 is 1.07 bits per heavy atom. The van der Waals surface area contributed by atoms with E-state index in [2.05, 4.69) is 29.4 Å². The van der Waals surface area contributed by atoms with Gasteiger partial charge in [-0.05, 0) is 60.5 Å². The van der Waals surface area contributed by atoms with Gasteiger partial charge in [-0.3, -0.25) is 14.7 Å². The van der Waals surface area contributed by atoms with Crippen LogP contribution < -0.4 is 15.0 Å². The lowest BCUT2D eigenvalue weighted by molar-refractivity contribution is 0.0993. The predicted octanol–water partition coefficient (Wildman–Crippen LogP) is 4.42. The van der Waals surface area contributed by atoms with Gasteiger partial charge in [-0.1, -0.05) is 19.1 Å². The molecule has 0 bridgehead atoms. The Labute approximate surface area is 158 Å². The molecule has 136 valence electrons. The number of pyridine rings is 1. The van der Waals surface area contributed by atoms with Crippen molar-refractivity contribution in [1.82, 2.24) is 4.98 Å². The fourth-order valence-corrected chi connectivity index (χ4v) is 3.32. The molecular formula is C22H21N3O2. The monoisotopic (exact) mass is 359 g/mol. The minimum atomic E-state index is -0.366. The van der Waals surface area contributed by atoms with Crippen LogP contribution in [0.15, 0.2) is 66.9 Å². The average molecular weight is 359 g/mol. The second-order valence-electron chi connectivity index (χ2n) is 6.41. The van der Waals surface area contributed by atoms with Crippen LogP contribution in [0.25, 0.3) is 0 Å². The first-order valence-electron chi connectivity index (χ1n) is 8.99. The zero-order valence-corrected chi connectivity index (χ0v) is 15.3. The lowest BCUT2D eigenvalue weighted by Gasteiger charge is -2.26. The molecule has 3 aromatic rings. The molecule has 5 heteroatoms. The number of nitrogens with one attached hydrogen (secondary N) is 1. The van der Waals surface area contributed by atoms with Crippen molar-refractivity contribution >= 4 is 17.3 Å². The van der Waals surface area contributed by atoms with E-state index < -0.39 is 0 Å². The van der Waals surface area contributed by atoms with Crippen LogP contribution in [0, 0.1) is 0 Å². The molecular weight excluding hydrogens is 338 g/mol. The van der Waals surface area contributed by atoms with Gasteiger partial charge in [-0.15, -0.1) is 0 Å². The number of amides is 1. The number of ether oxygens (including phenoxy) is 1. The van der Waals surface area contributed by atoms with Gasteiger partial charge in [0.25, 0.3) is 5.91 Å². The SMILES string of the molecule is CCc1ccc(NC2c3ncccc3C(=O)N2c2ccc(OC)cc2)cc1. The second-order valence-corrected chi connectivity index (χ2v) is 6.41. The highest BCUT2D eigenvalue weighted by molar-refractivity contribution is 6.11. The molecule has 1 unspecified atom stereocenters. The number of methoxy groups -OCH3 is 1. The van der Waals surface area contributed by atoms with Crippen molar-refractivity contribution in [2.24, 2.45) is 0 Å². The van der Waals surface area contributed by atoms with E-state index in [0.717, 1.165) is 29.2 Å². The van der Waals surface area contributed by atoms with Gasteiger partial charge in [0.1, 0.15) is 5.75 Å². The number of aryl methyl sites for hydroxylation is 1. The van der Waals surface area contributed by atoms with E-state index in [4.69, 9.17) is 4.74 Å². The summed E-state index contributed by atoms with van der Waals surface area (Å²) in [4.78, 5) is 19.3. The van der Waals surface area contributed by atoms with Gasteiger partial charge in [-0.2, -0.15) is 0 Å². The standard InChI is InChI=1S/C22H21N3O2/c1-3-15-6-8-16(9-7-15)24-21-20-19(5-4-14-23-20)22(26)25(21)17-10-12-18(27-2)13-11-17/h4-14,21,24H,3H2,1-2H3. The fraction of sp³-hybridized carbons (Fsp3) is 0.182. The average Bonchev–Trinajstić information content (AvgIpc) is 3.01. The molecule has 2 heterocycles. The van der Waals surface area contributed by atoms with Crippen LogP contribution in [0.2, 0.25) is 0 Å². The van der Waals surface area contributed by atoms with Crippen LogP contribution >= 0.6 is 0 Å². The Bertz CT molecular complexity index is 952. The number of rotatable bonds is 5. The van der Waals surface area contributed by atoms with Gasteiger partial charge in [0.15, 0.2) is 6.17 Å². The molecule has 2 aromatic carbocycles. The summed E-state index contributed by atoms with van der Waals surface area (Å²) in [5.41, 5.74) is 4.37. The maximum atomic E-state index is 13.1. The molecule has 27 heavy (non-hydrogen) atoms. The van der Waals surface area contributed by atoms with Crippen molar-refractivity contribution in [3.8, 4) is 5.75 Å². The van der Waals surface area contributed by atoms with E-state index in [1.54, 1.807) is 24.3 Å². The number of carbonyl (C=O) groups excluding carboxylic acids is 1. The zero-order valence-electron chi connectivity index (χ0n) is 15.3. The molecule has 1 aromatic heterocycles. The van der Waals surface area contributed by atoms with Gasteiger partial charge in [0.05, 0.1) is 18.4 Å². The number of aromatic nitrogens is 1. The highest BCUT2D eigenvalue weighted by Gasteiger charge is 2.38. The normalized spacial score (nSPS) is 15.6. The summed E-state index contributed by atoms with van der Waals surface area (Å²) in [6, 6.07) is 19.4. The fourth-order valence-electron chi connectivity index (χ4n) is 3.32. The van der Waals surface area contributed by atoms with Crippen molar-refractivity contribution < 1.29 is 9.53 Å². The van der Waals surface area contributed by atoms with Gasteiger partial charge >= 0.3 is 0 Å². The molecule has 0 saturated carbocycles. The number of carbonyl (C=O) groups is 1. The first-order chi connectivity index (χ1) is 13.2. The first-order valence-corrected chi connectivity index (χ1v) is 8.99. The summed E-state index contributed by atoms with van der Waals surface area (Å²) in [7, 11) is 1.63. The van der Waals surface area contributed by atoms with Crippen LogP contribution in [0.4, 0.5) is 11.4 Å². The molecule has 0 aliphatic carbocycles. The first kappa shape index (κ1) is 17.1. The van der Waals surface area contributed by atoms with Crippen molar-refractivity contribution in [3.05, 3.63) is 83.7 Å². The van der Waals surface area contributed by atoms with Gasteiger partial charge in [-0.25, -0.2) is 0 Å². The summed E-state index contributed by atoms with van der Waals surface area (Å²) in [6.45, 7) is 2.13. The largest absolute Gasteiger partial charge is 0.497 e. The van der Waals surface area contributed by atoms with Crippen molar-refractivity contribution in [2.45, 2.75) is 19.5 Å². The molecule has 1 amide bonds. The Kier molecular flexibility index (Phi) is 4.50. The lowest BCUT2D eigenvalue weighted by atomic mass is 10.1. The summed E-state index contributed by atoms with van der Waals surface area (Å²) in [6.07, 6.45) is 2.35. The van der Waals surface area contributed by atoms with Gasteiger partial charge < -0.3 is 10.1 Å². The molecule has 4 rings (SSSR count). The molecule has 0 radical (unpaired) electrons. The molecule has 0 fully saturated rings. The Hall–Kier alpha value is -3.34. The van der Waals surface area contributed by atoms with Gasteiger partial charge in [0, 0.05) is 17.6 Å². The van der Waals surface area contributed by atoms with E-state index in [9.17, 15) is 4.79 Å². The van der Waals surface area contributed by atoms with Crippen LogP contribution in [-0.4, -0.2) is 18.0 Å².